The third-order valence-corrected chi connectivity index (χ3v) is 13.7. The van der Waals surface area contributed by atoms with Gasteiger partial charge in [-0.3, -0.25) is 18.6 Å². The highest BCUT2D eigenvalue weighted by molar-refractivity contribution is 7.47. The number of nitrogens with one attached hydrogen (secondary N) is 1. The number of hydrogen-bond acceptors (Lipinski definition) is 6. The first-order chi connectivity index (χ1) is 33.9. The number of quaternary nitrogens is 1. The number of hydrogen-bond donors (Lipinski definition) is 2. The van der Waals surface area contributed by atoms with Crippen LogP contribution in [-0.2, 0) is 27.9 Å². The molecule has 3 unspecified atom stereocenters. The second-order valence-electron chi connectivity index (χ2n) is 20.8. The monoisotopic (exact) mass is 1000 g/mol. The average Bonchev–Trinajstić information content (AvgIpc) is 3.32. The van der Waals surface area contributed by atoms with Crippen LogP contribution in [-0.4, -0.2) is 74.3 Å². The molecule has 0 bridgehead atoms. The van der Waals surface area contributed by atoms with E-state index in [1.165, 1.54) is 141 Å². The summed E-state index contributed by atoms with van der Waals surface area (Å²) in [6.45, 7) is 6.96. The van der Waals surface area contributed by atoms with E-state index >= 15 is 0 Å². The number of unbranched alkanes of at least 4 members (excludes halogenated alkanes) is 28. The number of carbonyl (C=O) groups excluding carboxylic acids is 2. The Hall–Kier alpha value is -2.29. The zero-order valence-corrected chi connectivity index (χ0v) is 47.4. The minimum Gasteiger partial charge on any atom is -0.456 e. The van der Waals surface area contributed by atoms with Gasteiger partial charge >= 0.3 is 13.8 Å². The molecule has 0 aliphatic rings. The zero-order valence-electron chi connectivity index (χ0n) is 46.5. The van der Waals surface area contributed by atoms with Crippen molar-refractivity contribution in [3.8, 4) is 0 Å². The van der Waals surface area contributed by atoms with E-state index in [0.29, 0.717) is 23.9 Å². The third-order valence-electron chi connectivity index (χ3n) is 12.7. The fourth-order valence-corrected chi connectivity index (χ4v) is 8.89. The summed E-state index contributed by atoms with van der Waals surface area (Å²) in [6, 6.07) is -0.859. The molecule has 1 amide bonds. The van der Waals surface area contributed by atoms with Gasteiger partial charge in [-0.05, 0) is 76.7 Å². The van der Waals surface area contributed by atoms with E-state index < -0.39 is 20.0 Å². The largest absolute Gasteiger partial charge is 0.472 e. The van der Waals surface area contributed by atoms with E-state index in [0.717, 1.165) is 77.0 Å². The number of allylic oxidation sites excluding steroid dienone is 9. The van der Waals surface area contributed by atoms with E-state index in [1.807, 2.05) is 33.3 Å². The molecule has 0 aromatic carbocycles. The minimum absolute atomic E-state index is 0.0347. The molecule has 0 saturated heterocycles. The van der Waals surface area contributed by atoms with Gasteiger partial charge in [-0.1, -0.05) is 230 Å². The third kappa shape index (κ3) is 50.6. The first-order valence-corrected chi connectivity index (χ1v) is 30.6. The molecule has 408 valence electrons. The van der Waals surface area contributed by atoms with Gasteiger partial charge in [0.2, 0.25) is 5.91 Å². The topological polar surface area (TPSA) is 111 Å². The molecular formula is C60H112N2O7P+. The maximum absolute atomic E-state index is 13.5. The Labute approximate surface area is 432 Å². The Kier molecular flexibility index (Phi) is 48.6. The molecule has 0 spiro atoms. The number of rotatable bonds is 52. The second kappa shape index (κ2) is 50.3. The number of amides is 1. The first-order valence-electron chi connectivity index (χ1n) is 29.1. The summed E-state index contributed by atoms with van der Waals surface area (Å²) in [4.78, 5) is 37.6. The molecule has 0 aliphatic carbocycles. The summed E-state index contributed by atoms with van der Waals surface area (Å²) >= 11 is 0. The van der Waals surface area contributed by atoms with Crippen molar-refractivity contribution in [3.63, 3.8) is 0 Å². The van der Waals surface area contributed by atoms with Gasteiger partial charge < -0.3 is 19.4 Å². The molecule has 0 aromatic heterocycles. The van der Waals surface area contributed by atoms with Crippen LogP contribution >= 0.6 is 7.82 Å². The SMILES string of the molecule is CCCCC/C=C\C/C=C\C/C=C\C/C=C\CCCCCC(=O)OC(/C=C/CCCCCCCCCCCC)C(COP(=O)(O)OCC[N+](C)(C)C)NC(=O)CCCCCCCCCCCCCCC. The predicted octanol–water partition coefficient (Wildman–Crippen LogP) is 17.5. The van der Waals surface area contributed by atoms with Crippen LogP contribution in [0, 0.1) is 0 Å². The zero-order chi connectivity index (χ0) is 51.5. The minimum atomic E-state index is -4.45. The smallest absolute Gasteiger partial charge is 0.456 e. The molecule has 0 fully saturated rings. The van der Waals surface area contributed by atoms with Gasteiger partial charge in [0.1, 0.15) is 19.3 Å². The van der Waals surface area contributed by atoms with Crippen molar-refractivity contribution in [1.29, 1.82) is 0 Å². The number of phosphoric acid groups is 1. The summed E-state index contributed by atoms with van der Waals surface area (Å²) in [5.74, 6) is -0.537. The quantitative estimate of drug-likeness (QED) is 0.0205. The average molecular weight is 1000 g/mol. The van der Waals surface area contributed by atoms with Crippen molar-refractivity contribution in [3.05, 3.63) is 60.8 Å². The second-order valence-corrected chi connectivity index (χ2v) is 22.3. The van der Waals surface area contributed by atoms with Crippen molar-refractivity contribution >= 4 is 19.7 Å². The van der Waals surface area contributed by atoms with Gasteiger partial charge in [0.15, 0.2) is 0 Å². The van der Waals surface area contributed by atoms with Gasteiger partial charge in [-0.25, -0.2) is 4.57 Å². The highest BCUT2D eigenvalue weighted by Crippen LogP contribution is 2.43. The molecule has 2 N–H and O–H groups in total. The van der Waals surface area contributed by atoms with E-state index in [9.17, 15) is 19.0 Å². The van der Waals surface area contributed by atoms with Crippen molar-refractivity contribution in [2.75, 3.05) is 40.9 Å². The van der Waals surface area contributed by atoms with Gasteiger partial charge in [0.25, 0.3) is 0 Å². The fourth-order valence-electron chi connectivity index (χ4n) is 8.16. The molecule has 0 aromatic rings. The summed E-state index contributed by atoms with van der Waals surface area (Å²) in [5, 5.41) is 3.04. The molecule has 3 atom stereocenters. The standard InChI is InChI=1S/C60H111N2O7P/c1-7-10-13-16-19-22-25-28-29-30-31-32-33-35-38-41-44-47-50-53-60(64)69-58(51-48-45-42-39-36-27-24-21-18-15-12-9-3)57(56-68-70(65,66)67-55-54-62(4,5)6)61-59(63)52-49-46-43-40-37-34-26-23-20-17-14-11-8-2/h19,22,28-29,31-32,35,38,48,51,57-58H,7-18,20-21,23-27,30,33-34,36-37,39-47,49-50,52-56H2,1-6H3,(H-,61,63,65,66)/p+1/b22-19-,29-28-,32-31-,38-35-,51-48+. The fraction of sp³-hybridized carbons (Fsp3) is 0.800. The van der Waals surface area contributed by atoms with Crippen LogP contribution in [0.3, 0.4) is 0 Å². The number of nitrogens with zero attached hydrogens (tertiary/aromatic N) is 1. The summed E-state index contributed by atoms with van der Waals surface area (Å²) in [6.07, 6.45) is 62.1. The normalized spacial score (nSPS) is 14.2. The van der Waals surface area contributed by atoms with Gasteiger partial charge in [-0.15, -0.1) is 0 Å². The predicted molar refractivity (Wildman–Crippen MR) is 300 cm³/mol. The van der Waals surface area contributed by atoms with E-state index in [2.05, 4.69) is 74.7 Å². The molecule has 9 nitrogen and oxygen atoms in total. The Morgan fingerprint density at radius 1 is 0.500 bits per heavy atom. The lowest BCUT2D eigenvalue weighted by molar-refractivity contribution is -0.870. The van der Waals surface area contributed by atoms with Crippen LogP contribution in [0.25, 0.3) is 0 Å². The van der Waals surface area contributed by atoms with Crippen molar-refractivity contribution in [2.24, 2.45) is 0 Å². The molecule has 70 heavy (non-hydrogen) atoms. The van der Waals surface area contributed by atoms with Gasteiger partial charge in [0, 0.05) is 12.8 Å². The molecule has 10 heteroatoms. The Morgan fingerprint density at radius 3 is 1.34 bits per heavy atom. The van der Waals surface area contributed by atoms with E-state index in [4.69, 9.17) is 13.8 Å². The molecule has 0 radical (unpaired) electrons. The van der Waals surface area contributed by atoms with Crippen molar-refractivity contribution in [2.45, 2.75) is 270 Å². The van der Waals surface area contributed by atoms with Gasteiger partial charge in [0.05, 0.1) is 33.8 Å². The van der Waals surface area contributed by atoms with Crippen LogP contribution in [0.1, 0.15) is 258 Å². The summed E-state index contributed by atoms with van der Waals surface area (Å²) < 4.78 is 30.6. The van der Waals surface area contributed by atoms with Crippen molar-refractivity contribution in [1.82, 2.24) is 5.32 Å². The van der Waals surface area contributed by atoms with Crippen LogP contribution in [0.5, 0.6) is 0 Å². The molecule has 0 aliphatic heterocycles. The Balaban J connectivity index is 5.38. The Bertz CT molecular complexity index is 1390. The van der Waals surface area contributed by atoms with Crippen LogP contribution in [0.15, 0.2) is 60.8 Å². The number of ether oxygens (including phenoxy) is 1. The maximum Gasteiger partial charge on any atom is 0.472 e. The highest BCUT2D eigenvalue weighted by Gasteiger charge is 2.30. The first kappa shape index (κ1) is 67.7. The van der Waals surface area contributed by atoms with Crippen LogP contribution in [0.2, 0.25) is 0 Å². The maximum atomic E-state index is 13.5. The summed E-state index contributed by atoms with van der Waals surface area (Å²) in [7, 11) is 1.48. The summed E-state index contributed by atoms with van der Waals surface area (Å²) in [5.41, 5.74) is 0. The van der Waals surface area contributed by atoms with Crippen LogP contribution < -0.4 is 5.32 Å². The number of esters is 1. The van der Waals surface area contributed by atoms with Crippen LogP contribution in [0.4, 0.5) is 0 Å². The Morgan fingerprint density at radius 2 is 0.871 bits per heavy atom. The molecule has 0 saturated carbocycles. The van der Waals surface area contributed by atoms with Gasteiger partial charge in [-0.2, -0.15) is 0 Å². The number of likely N-dealkylation sites (N-methyl/N-ethyl adjacent to an activating group) is 1. The lowest BCUT2D eigenvalue weighted by atomic mass is 10.0. The lowest BCUT2D eigenvalue weighted by Crippen LogP contribution is -2.47. The number of phosphoric ester groups is 1. The van der Waals surface area contributed by atoms with Crippen molar-refractivity contribution < 1.29 is 37.3 Å². The van der Waals surface area contributed by atoms with E-state index in [1.54, 1.807) is 0 Å². The molecule has 0 heterocycles. The lowest BCUT2D eigenvalue weighted by Gasteiger charge is -2.27. The molecular weight excluding hydrogens is 892 g/mol. The highest BCUT2D eigenvalue weighted by atomic mass is 31.2. The molecule has 0 rings (SSSR count). The number of carbonyl (C=O) groups is 2. The van der Waals surface area contributed by atoms with E-state index in [-0.39, 0.29) is 31.5 Å².